The monoisotopic (exact) mass is 355 g/mol. The van der Waals surface area contributed by atoms with E-state index in [-0.39, 0.29) is 22.8 Å². The minimum atomic E-state index is -1.36. The number of aliphatic hydroxyl groups excluding tert-OH is 2. The molecule has 1 aromatic rings. The van der Waals surface area contributed by atoms with Gasteiger partial charge in [-0.2, -0.15) is 0 Å². The van der Waals surface area contributed by atoms with Crippen LogP contribution in [-0.4, -0.2) is 58.1 Å². The molecule has 6 heteroatoms. The Morgan fingerprint density at radius 1 is 1.19 bits per heavy atom. The third-order valence-electron chi connectivity index (χ3n) is 5.99. The summed E-state index contributed by atoms with van der Waals surface area (Å²) in [7, 11) is 1.71. The standard InChI is InChI=1S/C20H25N3O3/c1-22-11-12-23-15(21-18(25)17(24)16(23)19(22)26)13-20(9-5-6-10-20)14-7-3-2-4-8-14/h2-4,7-8,18,24-25H,5-6,9-13H2,1H3. The Balaban J connectivity index is 1.69. The van der Waals surface area contributed by atoms with E-state index in [1.807, 2.05) is 11.0 Å². The van der Waals surface area contributed by atoms with Crippen molar-refractivity contribution in [1.82, 2.24) is 9.80 Å². The maximum Gasteiger partial charge on any atom is 0.274 e. The molecule has 1 saturated carbocycles. The predicted octanol–water partition coefficient (Wildman–Crippen LogP) is 2.16. The molecular formula is C20H25N3O3. The van der Waals surface area contributed by atoms with Crippen molar-refractivity contribution in [2.75, 3.05) is 20.1 Å². The highest BCUT2D eigenvalue weighted by atomic mass is 16.3. The Bertz CT molecular complexity index is 766. The quantitative estimate of drug-likeness (QED) is 0.871. The van der Waals surface area contributed by atoms with Gasteiger partial charge in [0.15, 0.2) is 11.5 Å². The van der Waals surface area contributed by atoms with E-state index in [9.17, 15) is 15.0 Å². The van der Waals surface area contributed by atoms with Crippen LogP contribution in [0.2, 0.25) is 0 Å². The second-order valence-corrected chi connectivity index (χ2v) is 7.56. The summed E-state index contributed by atoms with van der Waals surface area (Å²) in [6.45, 7) is 1.15. The number of aliphatic hydroxyl groups is 2. The Labute approximate surface area is 153 Å². The molecule has 0 spiro atoms. The summed E-state index contributed by atoms with van der Waals surface area (Å²) in [4.78, 5) is 20.3. The second-order valence-electron chi connectivity index (χ2n) is 7.56. The molecule has 0 radical (unpaired) electrons. The first-order valence-electron chi connectivity index (χ1n) is 9.28. The lowest BCUT2D eigenvalue weighted by molar-refractivity contribution is -0.129. The van der Waals surface area contributed by atoms with Crippen molar-refractivity contribution in [2.24, 2.45) is 4.99 Å². The number of carbonyl (C=O) groups excluding carboxylic acids is 1. The zero-order valence-electron chi connectivity index (χ0n) is 15.1. The highest BCUT2D eigenvalue weighted by Gasteiger charge is 2.43. The largest absolute Gasteiger partial charge is 0.506 e. The number of hydrogen-bond acceptors (Lipinski definition) is 5. The van der Waals surface area contributed by atoms with Crippen molar-refractivity contribution in [3.8, 4) is 0 Å². The Hall–Kier alpha value is -2.34. The summed E-state index contributed by atoms with van der Waals surface area (Å²) < 4.78 is 0. The molecule has 6 nitrogen and oxygen atoms in total. The van der Waals surface area contributed by atoms with Crippen LogP contribution in [0, 0.1) is 0 Å². The van der Waals surface area contributed by atoms with Crippen molar-refractivity contribution in [2.45, 2.75) is 43.7 Å². The van der Waals surface area contributed by atoms with Gasteiger partial charge in [-0.15, -0.1) is 0 Å². The number of likely N-dealkylation sites (N-methyl/N-ethyl adjacent to an activating group) is 1. The lowest BCUT2D eigenvalue weighted by atomic mass is 9.75. The molecule has 138 valence electrons. The summed E-state index contributed by atoms with van der Waals surface area (Å²) in [5, 5.41) is 20.5. The SMILES string of the molecule is CN1CCN2C(CC3(c4ccccc4)CCCC3)=NC(O)C(O)=C2C1=O. The predicted molar refractivity (Wildman–Crippen MR) is 98.6 cm³/mol. The van der Waals surface area contributed by atoms with E-state index in [1.165, 1.54) is 18.4 Å². The number of benzene rings is 1. The zero-order valence-corrected chi connectivity index (χ0v) is 15.1. The van der Waals surface area contributed by atoms with Gasteiger partial charge in [0.25, 0.3) is 5.91 Å². The topological polar surface area (TPSA) is 76.4 Å². The fourth-order valence-corrected chi connectivity index (χ4v) is 4.51. The van der Waals surface area contributed by atoms with Crippen LogP contribution in [0.3, 0.4) is 0 Å². The first kappa shape index (κ1) is 17.1. The Kier molecular flexibility index (Phi) is 4.23. The molecule has 0 aromatic heterocycles. The van der Waals surface area contributed by atoms with Gasteiger partial charge < -0.3 is 20.0 Å². The number of rotatable bonds is 3. The lowest BCUT2D eigenvalue weighted by Gasteiger charge is -2.41. The summed E-state index contributed by atoms with van der Waals surface area (Å²) in [5.74, 6) is 0.100. The normalized spacial score (nSPS) is 25.4. The van der Waals surface area contributed by atoms with Gasteiger partial charge in [0.1, 0.15) is 5.84 Å². The number of nitrogens with zero attached hydrogens (tertiary/aromatic N) is 3. The van der Waals surface area contributed by atoms with E-state index >= 15 is 0 Å². The molecule has 2 fully saturated rings. The molecule has 2 aliphatic heterocycles. The average molecular weight is 355 g/mol. The summed E-state index contributed by atoms with van der Waals surface area (Å²) >= 11 is 0. The molecule has 1 aliphatic carbocycles. The van der Waals surface area contributed by atoms with E-state index in [0.717, 1.165) is 12.8 Å². The average Bonchev–Trinajstić information content (AvgIpc) is 3.12. The summed E-state index contributed by atoms with van der Waals surface area (Å²) in [6.07, 6.45) is 3.78. The van der Waals surface area contributed by atoms with Gasteiger partial charge in [0.05, 0.1) is 0 Å². The van der Waals surface area contributed by atoms with E-state index in [1.54, 1.807) is 11.9 Å². The minimum Gasteiger partial charge on any atom is -0.506 e. The van der Waals surface area contributed by atoms with Gasteiger partial charge in [0, 0.05) is 32.0 Å². The molecule has 1 amide bonds. The van der Waals surface area contributed by atoms with Crippen LogP contribution in [0.1, 0.15) is 37.7 Å². The molecule has 26 heavy (non-hydrogen) atoms. The number of fused-ring (bicyclic) bond motifs is 1. The molecule has 2 heterocycles. The van der Waals surface area contributed by atoms with E-state index in [4.69, 9.17) is 0 Å². The molecule has 3 aliphatic rings. The molecule has 1 saturated heterocycles. The Morgan fingerprint density at radius 3 is 2.58 bits per heavy atom. The van der Waals surface area contributed by atoms with Crippen molar-refractivity contribution in [1.29, 1.82) is 0 Å². The summed E-state index contributed by atoms with van der Waals surface area (Å²) in [6, 6.07) is 10.5. The fourth-order valence-electron chi connectivity index (χ4n) is 4.51. The van der Waals surface area contributed by atoms with E-state index in [0.29, 0.717) is 25.3 Å². The van der Waals surface area contributed by atoms with E-state index < -0.39 is 6.23 Å². The van der Waals surface area contributed by atoms with Crippen LogP contribution >= 0.6 is 0 Å². The number of amidine groups is 1. The van der Waals surface area contributed by atoms with Crippen molar-refractivity contribution < 1.29 is 15.0 Å². The highest BCUT2D eigenvalue weighted by Crippen LogP contribution is 2.45. The van der Waals surface area contributed by atoms with Crippen molar-refractivity contribution >= 4 is 11.7 Å². The van der Waals surface area contributed by atoms with Crippen molar-refractivity contribution in [3.63, 3.8) is 0 Å². The van der Waals surface area contributed by atoms with Crippen LogP contribution in [-0.2, 0) is 10.2 Å². The Morgan fingerprint density at radius 2 is 1.88 bits per heavy atom. The van der Waals surface area contributed by atoms with Crippen molar-refractivity contribution in [3.05, 3.63) is 47.4 Å². The van der Waals surface area contributed by atoms with Gasteiger partial charge in [-0.1, -0.05) is 43.2 Å². The number of amides is 1. The van der Waals surface area contributed by atoms with Gasteiger partial charge >= 0.3 is 0 Å². The second kappa shape index (κ2) is 6.43. The summed E-state index contributed by atoms with van der Waals surface area (Å²) in [5.41, 5.74) is 1.44. The first-order valence-corrected chi connectivity index (χ1v) is 9.28. The van der Waals surface area contributed by atoms with E-state index in [2.05, 4.69) is 29.3 Å². The number of aliphatic imine (C=N–C) groups is 1. The molecule has 2 N–H and O–H groups in total. The minimum absolute atomic E-state index is 0.0235. The van der Waals surface area contributed by atoms with Gasteiger partial charge in [0.2, 0.25) is 6.23 Å². The van der Waals surface area contributed by atoms with Gasteiger partial charge in [-0.25, -0.2) is 4.99 Å². The van der Waals surface area contributed by atoms with Gasteiger partial charge in [-0.3, -0.25) is 4.79 Å². The zero-order chi connectivity index (χ0) is 18.3. The van der Waals surface area contributed by atoms with Crippen LogP contribution in [0.5, 0.6) is 0 Å². The molecule has 4 rings (SSSR count). The number of hydrogen-bond donors (Lipinski definition) is 2. The maximum atomic E-state index is 12.5. The van der Waals surface area contributed by atoms with Crippen LogP contribution in [0.4, 0.5) is 0 Å². The molecular weight excluding hydrogens is 330 g/mol. The number of carbonyl (C=O) groups is 1. The third-order valence-corrected chi connectivity index (χ3v) is 5.99. The van der Waals surface area contributed by atoms with Crippen LogP contribution in [0.25, 0.3) is 0 Å². The third kappa shape index (κ3) is 2.69. The van der Waals surface area contributed by atoms with Crippen LogP contribution < -0.4 is 0 Å². The maximum absolute atomic E-state index is 12.5. The molecule has 1 atom stereocenters. The lowest BCUT2D eigenvalue weighted by Crippen LogP contribution is -2.53. The molecule has 1 aromatic carbocycles. The number of piperazine rings is 1. The van der Waals surface area contributed by atoms with Crippen LogP contribution in [0.15, 0.2) is 46.8 Å². The van der Waals surface area contributed by atoms with Gasteiger partial charge in [-0.05, 0) is 18.4 Å². The highest BCUT2D eigenvalue weighted by molar-refractivity contribution is 6.01. The fraction of sp³-hybridized carbons (Fsp3) is 0.500. The molecule has 1 unspecified atom stereocenters. The first-order chi connectivity index (χ1) is 12.5. The smallest absolute Gasteiger partial charge is 0.274 e. The molecule has 0 bridgehead atoms.